The van der Waals surface area contributed by atoms with Crippen LogP contribution in [0.25, 0.3) is 0 Å². The molecular weight excluding hydrogens is 389 g/mol. The molecule has 4 heteroatoms. The third-order valence-electron chi connectivity index (χ3n) is 5.06. The predicted molar refractivity (Wildman–Crippen MR) is 98.5 cm³/mol. The summed E-state index contributed by atoms with van der Waals surface area (Å²) in [6, 6.07) is 4.52. The van der Waals surface area contributed by atoms with Crippen LogP contribution in [0.2, 0.25) is 0 Å². The zero-order chi connectivity index (χ0) is 16.5. The number of aliphatic carboxylic acids is 1. The Balaban J connectivity index is 2.19. The summed E-state index contributed by atoms with van der Waals surface area (Å²) in [4.78, 5) is 10.6. The van der Waals surface area contributed by atoms with Crippen LogP contribution in [0.1, 0.15) is 57.1 Å². The van der Waals surface area contributed by atoms with Crippen LogP contribution in [0.15, 0.2) is 12.1 Å². The summed E-state index contributed by atoms with van der Waals surface area (Å²) in [6.07, 6.45) is 4.20. The number of halogens is 1. The fourth-order valence-corrected chi connectivity index (χ4v) is 4.44. The molecule has 1 aliphatic heterocycles. The average Bonchev–Trinajstić information content (AvgIpc) is 2.60. The van der Waals surface area contributed by atoms with Gasteiger partial charge in [-0.05, 0) is 60.9 Å². The number of carboxylic acids is 1. The molecule has 0 fully saturated rings. The van der Waals surface area contributed by atoms with Crippen molar-refractivity contribution in [3.05, 3.63) is 26.8 Å². The fraction of sp³-hybridized carbons (Fsp3) is 0.556. The van der Waals surface area contributed by atoms with E-state index in [1.165, 1.54) is 26.1 Å². The molecule has 0 bridgehead atoms. The molecule has 120 valence electrons. The van der Waals surface area contributed by atoms with E-state index in [9.17, 15) is 4.79 Å². The highest BCUT2D eigenvalue weighted by Crippen LogP contribution is 2.44. The van der Waals surface area contributed by atoms with Crippen LogP contribution in [-0.2, 0) is 10.2 Å². The molecule has 1 aromatic rings. The van der Waals surface area contributed by atoms with Crippen LogP contribution in [0.4, 0.5) is 5.69 Å². The van der Waals surface area contributed by atoms with Crippen LogP contribution in [-0.4, -0.2) is 28.4 Å². The van der Waals surface area contributed by atoms with Crippen LogP contribution < -0.4 is 0 Å². The standard InChI is InChI=1S/C18H24INO2/c1-12-10-14(19)11-15-17(12)18(3,13(2)20(15)4)9-7-5-6-8-16(21)22/h10-11H,5-9H2,1-4H3/p+1. The van der Waals surface area contributed by atoms with E-state index in [4.69, 9.17) is 5.11 Å². The van der Waals surface area contributed by atoms with Gasteiger partial charge in [-0.25, -0.2) is 4.58 Å². The minimum atomic E-state index is -0.690. The van der Waals surface area contributed by atoms with E-state index in [2.05, 4.69) is 67.1 Å². The van der Waals surface area contributed by atoms with Crippen molar-refractivity contribution in [2.24, 2.45) is 0 Å². The molecule has 2 rings (SSSR count). The molecule has 3 nitrogen and oxygen atoms in total. The lowest BCUT2D eigenvalue weighted by molar-refractivity contribution is -0.403. The molecule has 0 amide bonds. The van der Waals surface area contributed by atoms with Gasteiger partial charge in [-0.2, -0.15) is 0 Å². The second-order valence-corrected chi connectivity index (χ2v) is 7.79. The van der Waals surface area contributed by atoms with Gasteiger partial charge in [0.25, 0.3) is 0 Å². The molecule has 1 atom stereocenters. The average molecular weight is 414 g/mol. The molecule has 1 unspecified atom stereocenters. The Morgan fingerprint density at radius 3 is 2.59 bits per heavy atom. The number of carbonyl (C=O) groups is 1. The van der Waals surface area contributed by atoms with Crippen molar-refractivity contribution in [3.8, 4) is 0 Å². The lowest BCUT2D eigenvalue weighted by Crippen LogP contribution is -2.30. The van der Waals surface area contributed by atoms with E-state index in [0.29, 0.717) is 0 Å². The number of hydrogen-bond acceptors (Lipinski definition) is 1. The van der Waals surface area contributed by atoms with Gasteiger partial charge in [0.05, 0.1) is 5.41 Å². The van der Waals surface area contributed by atoms with Crippen molar-refractivity contribution in [2.45, 2.75) is 58.3 Å². The maximum absolute atomic E-state index is 10.6. The van der Waals surface area contributed by atoms with E-state index in [1.807, 2.05) is 0 Å². The summed E-state index contributed by atoms with van der Waals surface area (Å²) in [7, 11) is 2.15. The van der Waals surface area contributed by atoms with Gasteiger partial charge in [0, 0.05) is 28.5 Å². The number of aryl methyl sites for hydroxylation is 1. The van der Waals surface area contributed by atoms with Gasteiger partial charge in [-0.3, -0.25) is 4.79 Å². The van der Waals surface area contributed by atoms with Gasteiger partial charge in [-0.15, -0.1) is 0 Å². The highest BCUT2D eigenvalue weighted by atomic mass is 127. The zero-order valence-corrected chi connectivity index (χ0v) is 16.0. The predicted octanol–water partition coefficient (Wildman–Crippen LogP) is 4.64. The first-order valence-corrected chi connectivity index (χ1v) is 8.95. The molecule has 0 saturated carbocycles. The number of hydrogen-bond donors (Lipinski definition) is 1. The maximum Gasteiger partial charge on any atom is 0.303 e. The molecule has 0 spiro atoms. The number of nitrogens with zero attached hydrogens (tertiary/aromatic N) is 1. The number of benzene rings is 1. The quantitative estimate of drug-likeness (QED) is 0.419. The Kier molecular flexibility index (Phi) is 5.30. The molecule has 0 aromatic heterocycles. The van der Waals surface area contributed by atoms with Gasteiger partial charge in [-0.1, -0.05) is 12.8 Å². The van der Waals surface area contributed by atoms with Gasteiger partial charge in [0.15, 0.2) is 5.71 Å². The fourth-order valence-electron chi connectivity index (χ4n) is 3.68. The summed E-state index contributed by atoms with van der Waals surface area (Å²) in [5.41, 5.74) is 5.60. The first kappa shape index (κ1) is 17.4. The molecule has 22 heavy (non-hydrogen) atoms. The van der Waals surface area contributed by atoms with E-state index >= 15 is 0 Å². The normalized spacial score (nSPS) is 20.4. The Morgan fingerprint density at radius 2 is 1.95 bits per heavy atom. The lowest BCUT2D eigenvalue weighted by atomic mass is 9.74. The summed E-state index contributed by atoms with van der Waals surface area (Å²) in [6.45, 7) is 6.77. The highest BCUT2D eigenvalue weighted by Gasteiger charge is 2.45. The second kappa shape index (κ2) is 6.69. The van der Waals surface area contributed by atoms with E-state index in [0.717, 1.165) is 25.7 Å². The Bertz CT molecular complexity index is 636. The van der Waals surface area contributed by atoms with Crippen LogP contribution in [0.3, 0.4) is 0 Å². The second-order valence-electron chi connectivity index (χ2n) is 6.55. The minimum Gasteiger partial charge on any atom is -0.481 e. The van der Waals surface area contributed by atoms with Gasteiger partial charge >= 0.3 is 5.97 Å². The maximum atomic E-state index is 10.6. The topological polar surface area (TPSA) is 40.3 Å². The number of fused-ring (bicyclic) bond motifs is 1. The SMILES string of the molecule is CC1=[N+](C)c2cc(I)cc(C)c2C1(C)CCCCCC(=O)O. The van der Waals surface area contributed by atoms with Crippen molar-refractivity contribution in [3.63, 3.8) is 0 Å². The number of carboxylic acid groups (broad SMARTS) is 1. The Labute approximate surface area is 146 Å². The summed E-state index contributed by atoms with van der Waals surface area (Å²) >= 11 is 2.38. The van der Waals surface area contributed by atoms with Crippen molar-refractivity contribution >= 4 is 40.0 Å². The van der Waals surface area contributed by atoms with Gasteiger partial charge in [0.1, 0.15) is 7.05 Å². The minimum absolute atomic E-state index is 0.0712. The largest absolute Gasteiger partial charge is 0.481 e. The van der Waals surface area contributed by atoms with E-state index < -0.39 is 5.97 Å². The van der Waals surface area contributed by atoms with E-state index in [1.54, 1.807) is 0 Å². The number of unbranched alkanes of at least 4 members (excludes halogenated alkanes) is 2. The monoisotopic (exact) mass is 414 g/mol. The lowest BCUT2D eigenvalue weighted by Gasteiger charge is -2.23. The third-order valence-corrected chi connectivity index (χ3v) is 5.68. The molecule has 1 N–H and O–H groups in total. The summed E-state index contributed by atoms with van der Waals surface area (Å²) in [5.74, 6) is -0.690. The smallest absolute Gasteiger partial charge is 0.303 e. The summed E-state index contributed by atoms with van der Waals surface area (Å²) < 4.78 is 3.60. The third kappa shape index (κ3) is 3.21. The molecule has 1 aromatic carbocycles. The van der Waals surface area contributed by atoms with Crippen LogP contribution in [0, 0.1) is 10.5 Å². The molecule has 0 radical (unpaired) electrons. The van der Waals surface area contributed by atoms with Crippen molar-refractivity contribution in [1.29, 1.82) is 0 Å². The van der Waals surface area contributed by atoms with Crippen molar-refractivity contribution < 1.29 is 14.5 Å². The van der Waals surface area contributed by atoms with Crippen molar-refractivity contribution in [2.75, 3.05) is 7.05 Å². The first-order chi connectivity index (χ1) is 10.3. The molecule has 1 aliphatic rings. The molecule has 0 aliphatic carbocycles. The van der Waals surface area contributed by atoms with Crippen LogP contribution >= 0.6 is 22.6 Å². The molecule has 0 saturated heterocycles. The first-order valence-electron chi connectivity index (χ1n) is 7.87. The molecule has 1 heterocycles. The molecular formula is C18H25INO2+. The van der Waals surface area contributed by atoms with Crippen molar-refractivity contribution in [1.82, 2.24) is 0 Å². The zero-order valence-electron chi connectivity index (χ0n) is 13.9. The van der Waals surface area contributed by atoms with Gasteiger partial charge in [0.2, 0.25) is 5.69 Å². The highest BCUT2D eigenvalue weighted by molar-refractivity contribution is 14.1. The summed E-state index contributed by atoms with van der Waals surface area (Å²) in [5, 5.41) is 8.73. The Hall–Kier alpha value is -0.910. The van der Waals surface area contributed by atoms with Crippen LogP contribution in [0.5, 0.6) is 0 Å². The van der Waals surface area contributed by atoms with E-state index in [-0.39, 0.29) is 11.8 Å². The number of rotatable bonds is 6. The van der Waals surface area contributed by atoms with Gasteiger partial charge < -0.3 is 5.11 Å². The Morgan fingerprint density at radius 1 is 1.27 bits per heavy atom.